The number of nitrogens with one attached hydrogen (secondary N) is 1. The molecule has 1 aliphatic heterocycles. The molecule has 0 aromatic heterocycles. The Balaban J connectivity index is 1.61. The number of aryl methyl sites for hydroxylation is 1. The molecule has 1 aliphatic rings. The topological polar surface area (TPSA) is 102 Å². The summed E-state index contributed by atoms with van der Waals surface area (Å²) in [5.41, 5.74) is 2.10. The minimum absolute atomic E-state index is 0.162. The van der Waals surface area contributed by atoms with Crippen LogP contribution in [0.3, 0.4) is 0 Å². The molecule has 0 radical (unpaired) electrons. The van der Waals surface area contributed by atoms with E-state index >= 15 is 0 Å². The van der Waals surface area contributed by atoms with Gasteiger partial charge in [-0.15, -0.1) is 0 Å². The average Bonchev–Trinajstić information content (AvgIpc) is 3.03. The Bertz CT molecular complexity index is 1190. The van der Waals surface area contributed by atoms with Gasteiger partial charge in [0.25, 0.3) is 17.1 Å². The third kappa shape index (κ3) is 6.62. The molecule has 3 rings (SSSR count). The van der Waals surface area contributed by atoms with E-state index in [9.17, 15) is 19.2 Å². The zero-order valence-corrected chi connectivity index (χ0v) is 21.4. The molecule has 34 heavy (non-hydrogen) atoms. The number of amides is 3. The molecular formula is C23H20BrClN2O6S. The zero-order chi connectivity index (χ0) is 24.8. The van der Waals surface area contributed by atoms with Crippen LogP contribution in [0.25, 0.3) is 6.08 Å². The Labute approximate surface area is 213 Å². The summed E-state index contributed by atoms with van der Waals surface area (Å²) in [6.07, 6.45) is 1.54. The van der Waals surface area contributed by atoms with Crippen LogP contribution in [0.15, 0.2) is 45.8 Å². The van der Waals surface area contributed by atoms with Crippen molar-refractivity contribution in [2.45, 2.75) is 13.8 Å². The number of anilines is 1. The second-order valence-electron chi connectivity index (χ2n) is 7.06. The van der Waals surface area contributed by atoms with Crippen LogP contribution in [0.1, 0.15) is 18.1 Å². The van der Waals surface area contributed by atoms with Crippen molar-refractivity contribution >= 4 is 74.1 Å². The highest BCUT2D eigenvalue weighted by atomic mass is 79.9. The first-order chi connectivity index (χ1) is 16.2. The minimum Gasteiger partial charge on any atom is -0.483 e. The lowest BCUT2D eigenvalue weighted by Crippen LogP contribution is -2.34. The predicted octanol–water partition coefficient (Wildman–Crippen LogP) is 5.03. The number of rotatable bonds is 8. The maximum atomic E-state index is 12.5. The largest absolute Gasteiger partial charge is 0.483 e. The highest BCUT2D eigenvalue weighted by Crippen LogP contribution is 2.34. The standard InChI is InChI=1S/C23H20BrClN2O6S/c1-3-32-21(29)11-27-22(30)19(34-23(27)31)9-14-5-7-18(16(24)8-14)33-12-20(28)26-15-6-4-13(2)17(25)10-15/h4-10H,3,11-12H2,1-2H3,(H,26,28)/b19-9-. The van der Waals surface area contributed by atoms with Crippen molar-refractivity contribution in [1.29, 1.82) is 0 Å². The van der Waals surface area contributed by atoms with Gasteiger partial charge in [-0.05, 0) is 83.0 Å². The zero-order valence-electron chi connectivity index (χ0n) is 18.2. The van der Waals surface area contributed by atoms with Gasteiger partial charge in [0.2, 0.25) is 0 Å². The number of hydrogen-bond acceptors (Lipinski definition) is 7. The van der Waals surface area contributed by atoms with Crippen LogP contribution in [0.2, 0.25) is 5.02 Å². The summed E-state index contributed by atoms with van der Waals surface area (Å²) >= 11 is 10.2. The summed E-state index contributed by atoms with van der Waals surface area (Å²) in [7, 11) is 0. The number of carbonyl (C=O) groups excluding carboxylic acids is 4. The first kappa shape index (κ1) is 25.8. The van der Waals surface area contributed by atoms with Gasteiger partial charge in [0.05, 0.1) is 16.0 Å². The molecule has 0 atom stereocenters. The summed E-state index contributed by atoms with van der Waals surface area (Å²) in [5.74, 6) is -1.15. The van der Waals surface area contributed by atoms with Crippen LogP contribution in [0.5, 0.6) is 5.75 Å². The highest BCUT2D eigenvalue weighted by molar-refractivity contribution is 9.10. The van der Waals surface area contributed by atoms with Crippen LogP contribution in [0, 0.1) is 6.92 Å². The second kappa shape index (κ2) is 11.5. The van der Waals surface area contributed by atoms with Crippen molar-refractivity contribution in [2.75, 3.05) is 25.1 Å². The van der Waals surface area contributed by atoms with E-state index in [1.165, 1.54) is 0 Å². The van der Waals surface area contributed by atoms with Gasteiger partial charge in [-0.1, -0.05) is 23.7 Å². The number of esters is 1. The molecule has 0 spiro atoms. The van der Waals surface area contributed by atoms with Gasteiger partial charge < -0.3 is 14.8 Å². The lowest BCUT2D eigenvalue weighted by molar-refractivity contribution is -0.146. The number of nitrogens with zero attached hydrogens (tertiary/aromatic N) is 1. The third-order valence-electron chi connectivity index (χ3n) is 4.53. The number of halogens is 2. The van der Waals surface area contributed by atoms with Crippen molar-refractivity contribution in [3.05, 3.63) is 61.9 Å². The van der Waals surface area contributed by atoms with Crippen LogP contribution in [-0.2, 0) is 19.1 Å². The molecule has 0 unspecified atom stereocenters. The predicted molar refractivity (Wildman–Crippen MR) is 134 cm³/mol. The van der Waals surface area contributed by atoms with Crippen molar-refractivity contribution in [3.63, 3.8) is 0 Å². The van der Waals surface area contributed by atoms with Crippen LogP contribution >= 0.6 is 39.3 Å². The lowest BCUT2D eigenvalue weighted by Gasteiger charge is -2.11. The molecule has 8 nitrogen and oxygen atoms in total. The van der Waals surface area contributed by atoms with E-state index in [0.717, 1.165) is 22.2 Å². The number of ether oxygens (including phenoxy) is 2. The summed E-state index contributed by atoms with van der Waals surface area (Å²) in [6, 6.07) is 10.2. The van der Waals surface area contributed by atoms with Gasteiger partial charge >= 0.3 is 5.97 Å². The van der Waals surface area contributed by atoms with Gasteiger partial charge in [0.15, 0.2) is 6.61 Å². The van der Waals surface area contributed by atoms with Gasteiger partial charge in [0.1, 0.15) is 12.3 Å². The van der Waals surface area contributed by atoms with Crippen molar-refractivity contribution in [1.82, 2.24) is 4.90 Å². The Morgan fingerprint density at radius 3 is 2.65 bits per heavy atom. The monoisotopic (exact) mass is 566 g/mol. The highest BCUT2D eigenvalue weighted by Gasteiger charge is 2.36. The molecule has 0 bridgehead atoms. The fraction of sp³-hybridized carbons (Fsp3) is 0.217. The number of imide groups is 1. The molecule has 1 saturated heterocycles. The third-order valence-corrected chi connectivity index (χ3v) is 6.47. The number of thioether (sulfide) groups is 1. The summed E-state index contributed by atoms with van der Waals surface area (Å²) < 4.78 is 10.9. The van der Waals surface area contributed by atoms with Crippen molar-refractivity contribution in [3.8, 4) is 5.75 Å². The molecule has 2 aromatic carbocycles. The van der Waals surface area contributed by atoms with E-state index in [1.54, 1.807) is 49.4 Å². The molecule has 1 fully saturated rings. The second-order valence-corrected chi connectivity index (χ2v) is 9.32. The first-order valence-corrected chi connectivity index (χ1v) is 12.1. The van der Waals surface area contributed by atoms with E-state index in [0.29, 0.717) is 26.5 Å². The van der Waals surface area contributed by atoms with Crippen LogP contribution < -0.4 is 10.1 Å². The Morgan fingerprint density at radius 1 is 1.21 bits per heavy atom. The Hall–Kier alpha value is -2.82. The molecule has 1 N–H and O–H groups in total. The molecule has 2 aromatic rings. The normalized spacial score (nSPS) is 14.5. The smallest absolute Gasteiger partial charge is 0.326 e. The summed E-state index contributed by atoms with van der Waals surface area (Å²) in [5, 5.41) is 2.72. The van der Waals surface area contributed by atoms with E-state index < -0.39 is 23.7 Å². The number of hydrogen-bond donors (Lipinski definition) is 1. The lowest BCUT2D eigenvalue weighted by atomic mass is 10.2. The van der Waals surface area contributed by atoms with Crippen LogP contribution in [-0.4, -0.2) is 47.7 Å². The maximum Gasteiger partial charge on any atom is 0.326 e. The fourth-order valence-electron chi connectivity index (χ4n) is 2.86. The maximum absolute atomic E-state index is 12.5. The van der Waals surface area contributed by atoms with Crippen molar-refractivity contribution in [2.24, 2.45) is 0 Å². The molecule has 3 amide bonds. The molecule has 0 saturated carbocycles. The fourth-order valence-corrected chi connectivity index (χ4v) is 4.39. The SMILES string of the molecule is CCOC(=O)CN1C(=O)S/C(=C\c2ccc(OCC(=O)Nc3ccc(C)c(Cl)c3)c(Br)c2)C1=O. The van der Waals surface area contributed by atoms with E-state index in [-0.39, 0.29) is 24.0 Å². The molecule has 1 heterocycles. The average molecular weight is 568 g/mol. The van der Waals surface area contributed by atoms with Gasteiger partial charge in [-0.3, -0.25) is 24.1 Å². The molecule has 178 valence electrons. The van der Waals surface area contributed by atoms with Crippen LogP contribution in [0.4, 0.5) is 10.5 Å². The summed E-state index contributed by atoms with van der Waals surface area (Å²) in [6.45, 7) is 3.02. The van der Waals surface area contributed by atoms with Gasteiger partial charge in [0, 0.05) is 10.7 Å². The quantitative estimate of drug-likeness (QED) is 0.353. The number of benzene rings is 2. The first-order valence-electron chi connectivity index (χ1n) is 10.1. The van der Waals surface area contributed by atoms with E-state index in [2.05, 4.69) is 21.2 Å². The Morgan fingerprint density at radius 2 is 1.97 bits per heavy atom. The molecule has 0 aliphatic carbocycles. The van der Waals surface area contributed by atoms with Gasteiger partial charge in [-0.25, -0.2) is 0 Å². The minimum atomic E-state index is -0.648. The Kier molecular flexibility index (Phi) is 8.76. The number of carbonyl (C=O) groups is 4. The van der Waals surface area contributed by atoms with E-state index in [4.69, 9.17) is 21.1 Å². The van der Waals surface area contributed by atoms with Crippen molar-refractivity contribution < 1.29 is 28.7 Å². The molecular weight excluding hydrogens is 548 g/mol. The van der Waals surface area contributed by atoms with E-state index in [1.807, 2.05) is 6.92 Å². The van der Waals surface area contributed by atoms with Gasteiger partial charge in [-0.2, -0.15) is 0 Å². The molecule has 11 heteroatoms. The summed E-state index contributed by atoms with van der Waals surface area (Å²) in [4.78, 5) is 49.5.